The molecule has 4 rings (SSSR count). The molecule has 1 unspecified atom stereocenters. The van der Waals surface area contributed by atoms with Crippen molar-refractivity contribution in [2.24, 2.45) is 5.92 Å². The zero-order chi connectivity index (χ0) is 24.2. The lowest BCUT2D eigenvalue weighted by atomic mass is 9.70. The summed E-state index contributed by atoms with van der Waals surface area (Å²) in [7, 11) is 1.28. The van der Waals surface area contributed by atoms with Crippen molar-refractivity contribution in [2.75, 3.05) is 13.7 Å². The molecule has 3 aromatic carbocycles. The molecular formula is C27H25Cl2FO4. The third-order valence-electron chi connectivity index (χ3n) is 6.36. The van der Waals surface area contributed by atoms with Crippen LogP contribution < -0.4 is 4.74 Å². The first-order valence-electron chi connectivity index (χ1n) is 11.1. The standard InChI is InChI=1S/C27H25Cl2FO4/c1-33-26(32)15-34-20-13-23(28)21(24(29)14-20)11-16-5-10-25(31)22(12-16)27(17-3-2-4-17)18-6-8-19(30)9-7-18/h5-10,12-14,17,27,31H,2-4,11,15H2,1H3. The van der Waals surface area contributed by atoms with E-state index in [0.29, 0.717) is 33.7 Å². The van der Waals surface area contributed by atoms with Gasteiger partial charge >= 0.3 is 5.97 Å². The van der Waals surface area contributed by atoms with Crippen LogP contribution in [0.2, 0.25) is 10.0 Å². The van der Waals surface area contributed by atoms with Crippen LogP contribution in [0.4, 0.5) is 4.39 Å². The molecule has 1 aliphatic rings. The van der Waals surface area contributed by atoms with Crippen LogP contribution in [0.15, 0.2) is 54.6 Å². The van der Waals surface area contributed by atoms with Crippen LogP contribution in [-0.2, 0) is 16.0 Å². The fraction of sp³-hybridized carbons (Fsp3) is 0.296. The number of carbonyl (C=O) groups is 1. The molecule has 7 heteroatoms. The molecule has 1 aliphatic carbocycles. The molecule has 1 saturated carbocycles. The van der Waals surface area contributed by atoms with E-state index in [-0.39, 0.29) is 24.1 Å². The summed E-state index contributed by atoms with van der Waals surface area (Å²) in [5.41, 5.74) is 3.46. The summed E-state index contributed by atoms with van der Waals surface area (Å²) in [5.74, 6) is 0.178. The molecule has 0 amide bonds. The minimum Gasteiger partial charge on any atom is -0.508 e. The van der Waals surface area contributed by atoms with Crippen LogP contribution in [0.5, 0.6) is 11.5 Å². The number of carbonyl (C=O) groups excluding carboxylic acids is 1. The summed E-state index contributed by atoms with van der Waals surface area (Å²) in [5, 5.41) is 11.6. The van der Waals surface area contributed by atoms with Crippen LogP contribution in [-0.4, -0.2) is 24.8 Å². The molecule has 0 spiro atoms. The monoisotopic (exact) mass is 502 g/mol. The SMILES string of the molecule is COC(=O)COc1cc(Cl)c(Cc2ccc(O)c(C(c3ccc(F)cc3)C3CCC3)c2)c(Cl)c1. The zero-order valence-corrected chi connectivity index (χ0v) is 20.2. The van der Waals surface area contributed by atoms with Crippen molar-refractivity contribution in [3.05, 3.63) is 92.7 Å². The Labute approximate surface area is 208 Å². The number of hydrogen-bond acceptors (Lipinski definition) is 4. The molecule has 0 radical (unpaired) electrons. The number of hydrogen-bond donors (Lipinski definition) is 1. The molecule has 178 valence electrons. The van der Waals surface area contributed by atoms with Gasteiger partial charge in [-0.2, -0.15) is 0 Å². The quantitative estimate of drug-likeness (QED) is 0.340. The second-order valence-corrected chi connectivity index (χ2v) is 9.33. The Kier molecular flexibility index (Phi) is 7.64. The highest BCUT2D eigenvalue weighted by atomic mass is 35.5. The van der Waals surface area contributed by atoms with Gasteiger partial charge < -0.3 is 14.6 Å². The van der Waals surface area contributed by atoms with Crippen LogP contribution in [0, 0.1) is 11.7 Å². The third kappa shape index (κ3) is 5.48. The lowest BCUT2D eigenvalue weighted by Crippen LogP contribution is -2.21. The van der Waals surface area contributed by atoms with Crippen molar-refractivity contribution in [1.29, 1.82) is 0 Å². The summed E-state index contributed by atoms with van der Waals surface area (Å²) >= 11 is 13.0. The number of aromatic hydroxyl groups is 1. The molecule has 0 heterocycles. The second kappa shape index (κ2) is 10.7. The highest BCUT2D eigenvalue weighted by Gasteiger charge is 2.31. The molecule has 1 atom stereocenters. The van der Waals surface area contributed by atoms with Crippen molar-refractivity contribution in [2.45, 2.75) is 31.6 Å². The molecular weight excluding hydrogens is 478 g/mol. The third-order valence-corrected chi connectivity index (χ3v) is 7.03. The summed E-state index contributed by atoms with van der Waals surface area (Å²) in [4.78, 5) is 11.3. The average molecular weight is 503 g/mol. The van der Waals surface area contributed by atoms with Crippen LogP contribution in [0.25, 0.3) is 0 Å². The van der Waals surface area contributed by atoms with E-state index < -0.39 is 5.97 Å². The smallest absolute Gasteiger partial charge is 0.343 e. The van der Waals surface area contributed by atoms with Gasteiger partial charge in [-0.15, -0.1) is 0 Å². The molecule has 0 saturated heterocycles. The van der Waals surface area contributed by atoms with Crippen molar-refractivity contribution < 1.29 is 23.8 Å². The average Bonchev–Trinajstić information content (AvgIpc) is 2.79. The van der Waals surface area contributed by atoms with Crippen molar-refractivity contribution in [3.8, 4) is 11.5 Å². The number of phenols is 1. The summed E-state index contributed by atoms with van der Waals surface area (Å²) in [6.07, 6.45) is 3.73. The van der Waals surface area contributed by atoms with Gasteiger partial charge in [-0.1, -0.05) is 53.9 Å². The van der Waals surface area contributed by atoms with E-state index in [2.05, 4.69) is 4.74 Å². The van der Waals surface area contributed by atoms with Gasteiger partial charge in [0.15, 0.2) is 6.61 Å². The fourth-order valence-corrected chi connectivity index (χ4v) is 4.95. The summed E-state index contributed by atoms with van der Waals surface area (Å²) in [6.45, 7) is -0.240. The Morgan fingerprint density at radius 3 is 2.35 bits per heavy atom. The fourth-order valence-electron chi connectivity index (χ4n) is 4.35. The van der Waals surface area contributed by atoms with Gasteiger partial charge in [0.05, 0.1) is 7.11 Å². The second-order valence-electron chi connectivity index (χ2n) is 8.52. The number of phenolic OH excluding ortho intramolecular Hbond substituents is 1. The molecule has 34 heavy (non-hydrogen) atoms. The maximum absolute atomic E-state index is 13.5. The van der Waals surface area contributed by atoms with Gasteiger partial charge in [0.2, 0.25) is 0 Å². The molecule has 1 N–H and O–H groups in total. The van der Waals surface area contributed by atoms with E-state index in [1.165, 1.54) is 19.2 Å². The number of esters is 1. The number of halogens is 3. The van der Waals surface area contributed by atoms with Gasteiger partial charge in [0.1, 0.15) is 17.3 Å². The van der Waals surface area contributed by atoms with Crippen molar-refractivity contribution in [3.63, 3.8) is 0 Å². The van der Waals surface area contributed by atoms with Gasteiger partial charge in [-0.05, 0) is 65.8 Å². The Morgan fingerprint density at radius 2 is 1.76 bits per heavy atom. The number of benzene rings is 3. The predicted molar refractivity (Wildman–Crippen MR) is 130 cm³/mol. The Hall–Kier alpha value is -2.76. The lowest BCUT2D eigenvalue weighted by Gasteiger charge is -2.35. The van der Waals surface area contributed by atoms with Gasteiger partial charge in [-0.3, -0.25) is 0 Å². The molecule has 0 aromatic heterocycles. The topological polar surface area (TPSA) is 55.8 Å². The van der Waals surface area contributed by atoms with E-state index in [0.717, 1.165) is 36.0 Å². The van der Waals surface area contributed by atoms with Gasteiger partial charge in [0, 0.05) is 27.9 Å². The Morgan fingerprint density at radius 1 is 1.09 bits per heavy atom. The normalized spacial score (nSPS) is 14.4. The Balaban J connectivity index is 1.62. The highest BCUT2D eigenvalue weighted by Crippen LogP contribution is 2.46. The van der Waals surface area contributed by atoms with E-state index >= 15 is 0 Å². The largest absolute Gasteiger partial charge is 0.508 e. The van der Waals surface area contributed by atoms with Crippen LogP contribution in [0.1, 0.15) is 47.4 Å². The summed E-state index contributed by atoms with van der Waals surface area (Å²) in [6, 6.07) is 15.3. The summed E-state index contributed by atoms with van der Waals surface area (Å²) < 4.78 is 23.5. The van der Waals surface area contributed by atoms with Crippen LogP contribution in [0.3, 0.4) is 0 Å². The molecule has 3 aromatic rings. The van der Waals surface area contributed by atoms with Crippen LogP contribution >= 0.6 is 23.2 Å². The van der Waals surface area contributed by atoms with E-state index in [4.69, 9.17) is 27.9 Å². The molecule has 4 nitrogen and oxygen atoms in total. The number of rotatable bonds is 8. The molecule has 0 bridgehead atoms. The maximum Gasteiger partial charge on any atom is 0.343 e. The van der Waals surface area contributed by atoms with Crippen molar-refractivity contribution in [1.82, 2.24) is 0 Å². The minimum absolute atomic E-state index is 0.0191. The first-order chi connectivity index (χ1) is 16.4. The number of methoxy groups -OCH3 is 1. The highest BCUT2D eigenvalue weighted by molar-refractivity contribution is 6.36. The Bertz CT molecular complexity index is 1150. The number of ether oxygens (including phenoxy) is 2. The first kappa shape index (κ1) is 24.4. The molecule has 0 aliphatic heterocycles. The maximum atomic E-state index is 13.5. The predicted octanol–water partition coefficient (Wildman–Crippen LogP) is 6.91. The molecule has 1 fully saturated rings. The van der Waals surface area contributed by atoms with Gasteiger partial charge in [-0.25, -0.2) is 9.18 Å². The zero-order valence-electron chi connectivity index (χ0n) is 18.7. The minimum atomic E-state index is -0.505. The first-order valence-corrected chi connectivity index (χ1v) is 11.9. The van der Waals surface area contributed by atoms with E-state index in [9.17, 15) is 14.3 Å². The van der Waals surface area contributed by atoms with E-state index in [1.807, 2.05) is 12.1 Å². The lowest BCUT2D eigenvalue weighted by molar-refractivity contribution is -0.142. The van der Waals surface area contributed by atoms with Crippen molar-refractivity contribution >= 4 is 29.2 Å². The van der Waals surface area contributed by atoms with Gasteiger partial charge in [0.25, 0.3) is 0 Å². The van der Waals surface area contributed by atoms with E-state index in [1.54, 1.807) is 30.3 Å².